The Balaban J connectivity index is 3.61. The lowest BCUT2D eigenvalue weighted by atomic mass is 10.2. The molecule has 0 aromatic carbocycles. The van der Waals surface area contributed by atoms with Crippen LogP contribution in [-0.4, -0.2) is 50.2 Å². The molecule has 0 heterocycles. The van der Waals surface area contributed by atoms with E-state index in [9.17, 15) is 4.79 Å². The van der Waals surface area contributed by atoms with Crippen LogP contribution in [0.3, 0.4) is 0 Å². The van der Waals surface area contributed by atoms with Gasteiger partial charge in [0, 0.05) is 19.7 Å². The largest absolute Gasteiger partial charge is 0.377 e. The van der Waals surface area contributed by atoms with Crippen LogP contribution in [-0.2, 0) is 9.53 Å². The van der Waals surface area contributed by atoms with E-state index in [4.69, 9.17) is 16.2 Å². The monoisotopic (exact) mass is 203 g/mol. The standard InChI is InChI=1S/C9H21N3O2/c1-3-14-8(6-10)4-5-12(2)7-9(11)13/h8H,3-7,10H2,1-2H3,(H2,11,13). The molecule has 0 aromatic heterocycles. The van der Waals surface area contributed by atoms with E-state index in [0.29, 0.717) is 13.2 Å². The Hall–Kier alpha value is -0.650. The molecule has 0 saturated heterocycles. The number of carbonyl (C=O) groups excluding carboxylic acids is 1. The van der Waals surface area contributed by atoms with Crippen LogP contribution in [0.15, 0.2) is 0 Å². The minimum atomic E-state index is -0.312. The molecular formula is C9H21N3O2. The second-order valence-electron chi connectivity index (χ2n) is 3.31. The third-order valence-corrected chi connectivity index (χ3v) is 1.92. The first-order chi connectivity index (χ1) is 6.60. The van der Waals surface area contributed by atoms with Gasteiger partial charge in [-0.15, -0.1) is 0 Å². The van der Waals surface area contributed by atoms with E-state index in [2.05, 4.69) is 0 Å². The predicted molar refractivity (Wildman–Crippen MR) is 55.8 cm³/mol. The molecule has 0 saturated carbocycles. The van der Waals surface area contributed by atoms with Gasteiger partial charge in [0.2, 0.25) is 5.91 Å². The van der Waals surface area contributed by atoms with Crippen LogP contribution in [0.5, 0.6) is 0 Å². The Morgan fingerprint density at radius 1 is 1.57 bits per heavy atom. The lowest BCUT2D eigenvalue weighted by Crippen LogP contribution is -2.34. The summed E-state index contributed by atoms with van der Waals surface area (Å²) in [5.74, 6) is -0.312. The quantitative estimate of drug-likeness (QED) is 0.539. The first-order valence-corrected chi connectivity index (χ1v) is 4.88. The van der Waals surface area contributed by atoms with Gasteiger partial charge in [-0.05, 0) is 20.4 Å². The number of likely N-dealkylation sites (N-methyl/N-ethyl adjacent to an activating group) is 1. The molecule has 14 heavy (non-hydrogen) atoms. The van der Waals surface area contributed by atoms with Gasteiger partial charge in [-0.2, -0.15) is 0 Å². The highest BCUT2D eigenvalue weighted by Crippen LogP contribution is 1.98. The number of primary amides is 1. The molecule has 0 aromatic rings. The van der Waals surface area contributed by atoms with Crippen molar-refractivity contribution in [2.24, 2.45) is 11.5 Å². The molecule has 0 aliphatic rings. The van der Waals surface area contributed by atoms with Gasteiger partial charge < -0.3 is 16.2 Å². The fourth-order valence-electron chi connectivity index (χ4n) is 1.21. The summed E-state index contributed by atoms with van der Waals surface area (Å²) in [5.41, 5.74) is 10.6. The van der Waals surface area contributed by atoms with Crippen molar-refractivity contribution in [3.05, 3.63) is 0 Å². The highest BCUT2D eigenvalue weighted by atomic mass is 16.5. The number of nitrogens with zero attached hydrogens (tertiary/aromatic N) is 1. The van der Waals surface area contributed by atoms with E-state index < -0.39 is 0 Å². The normalized spacial score (nSPS) is 13.1. The molecular weight excluding hydrogens is 182 g/mol. The summed E-state index contributed by atoms with van der Waals surface area (Å²) in [6.07, 6.45) is 0.907. The van der Waals surface area contributed by atoms with Gasteiger partial charge in [0.15, 0.2) is 0 Å². The molecule has 0 aliphatic carbocycles. The second-order valence-corrected chi connectivity index (χ2v) is 3.31. The van der Waals surface area contributed by atoms with Gasteiger partial charge in [-0.3, -0.25) is 9.69 Å². The van der Waals surface area contributed by atoms with Crippen molar-refractivity contribution < 1.29 is 9.53 Å². The van der Waals surface area contributed by atoms with Gasteiger partial charge in [0.1, 0.15) is 0 Å². The van der Waals surface area contributed by atoms with Crippen LogP contribution in [0.4, 0.5) is 0 Å². The van der Waals surface area contributed by atoms with Crippen LogP contribution in [0, 0.1) is 0 Å². The Bertz CT molecular complexity index is 164. The maximum absolute atomic E-state index is 10.6. The molecule has 0 bridgehead atoms. The Kier molecular flexibility index (Phi) is 7.37. The van der Waals surface area contributed by atoms with Crippen LogP contribution < -0.4 is 11.5 Å². The number of hydrogen-bond acceptors (Lipinski definition) is 4. The number of nitrogens with two attached hydrogens (primary N) is 2. The first kappa shape index (κ1) is 13.4. The summed E-state index contributed by atoms with van der Waals surface area (Å²) in [7, 11) is 1.85. The zero-order chi connectivity index (χ0) is 11.0. The van der Waals surface area contributed by atoms with Crippen LogP contribution in [0.2, 0.25) is 0 Å². The topological polar surface area (TPSA) is 81.6 Å². The van der Waals surface area contributed by atoms with Gasteiger partial charge in [-0.1, -0.05) is 0 Å². The van der Waals surface area contributed by atoms with E-state index in [-0.39, 0.29) is 18.6 Å². The van der Waals surface area contributed by atoms with Crippen molar-refractivity contribution in [3.8, 4) is 0 Å². The number of ether oxygens (including phenoxy) is 1. The van der Waals surface area contributed by atoms with Crippen molar-refractivity contribution in [1.82, 2.24) is 4.90 Å². The molecule has 0 spiro atoms. The molecule has 4 N–H and O–H groups in total. The minimum Gasteiger partial charge on any atom is -0.377 e. The van der Waals surface area contributed by atoms with Crippen molar-refractivity contribution >= 4 is 5.91 Å². The van der Waals surface area contributed by atoms with E-state index in [0.717, 1.165) is 13.0 Å². The summed E-state index contributed by atoms with van der Waals surface area (Å²) in [4.78, 5) is 12.4. The summed E-state index contributed by atoms with van der Waals surface area (Å²) in [6, 6.07) is 0. The summed E-state index contributed by atoms with van der Waals surface area (Å²) >= 11 is 0. The zero-order valence-corrected chi connectivity index (χ0v) is 9.03. The minimum absolute atomic E-state index is 0.0790. The van der Waals surface area contributed by atoms with E-state index in [1.165, 1.54) is 0 Å². The molecule has 0 rings (SSSR count). The SMILES string of the molecule is CCOC(CN)CCN(C)CC(N)=O. The molecule has 1 amide bonds. The van der Waals surface area contributed by atoms with Gasteiger partial charge >= 0.3 is 0 Å². The lowest BCUT2D eigenvalue weighted by molar-refractivity contribution is -0.118. The lowest BCUT2D eigenvalue weighted by Gasteiger charge is -2.19. The fourth-order valence-corrected chi connectivity index (χ4v) is 1.21. The molecule has 1 atom stereocenters. The summed E-state index contributed by atoms with van der Waals surface area (Å²) in [5, 5.41) is 0. The number of carbonyl (C=O) groups is 1. The molecule has 84 valence electrons. The van der Waals surface area contributed by atoms with Crippen molar-refractivity contribution in [2.45, 2.75) is 19.4 Å². The van der Waals surface area contributed by atoms with Crippen LogP contribution in [0.25, 0.3) is 0 Å². The maximum atomic E-state index is 10.6. The molecule has 5 nitrogen and oxygen atoms in total. The maximum Gasteiger partial charge on any atom is 0.231 e. The fraction of sp³-hybridized carbons (Fsp3) is 0.889. The molecule has 0 fully saturated rings. The third kappa shape index (κ3) is 6.82. The third-order valence-electron chi connectivity index (χ3n) is 1.92. The summed E-state index contributed by atoms with van der Waals surface area (Å²) < 4.78 is 5.38. The first-order valence-electron chi connectivity index (χ1n) is 4.88. The second kappa shape index (κ2) is 7.73. The highest BCUT2D eigenvalue weighted by molar-refractivity contribution is 5.75. The average Bonchev–Trinajstić information content (AvgIpc) is 2.11. The van der Waals surface area contributed by atoms with E-state index in [1.54, 1.807) is 0 Å². The Labute approximate surface area is 85.4 Å². The van der Waals surface area contributed by atoms with Crippen LogP contribution >= 0.6 is 0 Å². The van der Waals surface area contributed by atoms with Gasteiger partial charge in [0.05, 0.1) is 12.6 Å². The number of hydrogen-bond donors (Lipinski definition) is 2. The Morgan fingerprint density at radius 3 is 2.64 bits per heavy atom. The average molecular weight is 203 g/mol. The number of amides is 1. The molecule has 0 radical (unpaired) electrons. The van der Waals surface area contributed by atoms with E-state index in [1.807, 2.05) is 18.9 Å². The van der Waals surface area contributed by atoms with Gasteiger partial charge in [-0.25, -0.2) is 0 Å². The van der Waals surface area contributed by atoms with Crippen molar-refractivity contribution in [2.75, 3.05) is 33.3 Å². The molecule has 0 aliphatic heterocycles. The van der Waals surface area contributed by atoms with Gasteiger partial charge in [0.25, 0.3) is 0 Å². The van der Waals surface area contributed by atoms with Crippen LogP contribution in [0.1, 0.15) is 13.3 Å². The predicted octanol–water partition coefficient (Wildman–Crippen LogP) is -0.843. The smallest absolute Gasteiger partial charge is 0.231 e. The Morgan fingerprint density at radius 2 is 2.21 bits per heavy atom. The van der Waals surface area contributed by atoms with E-state index >= 15 is 0 Å². The highest BCUT2D eigenvalue weighted by Gasteiger charge is 2.08. The van der Waals surface area contributed by atoms with Crippen molar-refractivity contribution in [3.63, 3.8) is 0 Å². The molecule has 5 heteroatoms. The number of rotatable bonds is 8. The summed E-state index contributed by atoms with van der Waals surface area (Å²) in [6.45, 7) is 4.17. The molecule has 1 unspecified atom stereocenters. The van der Waals surface area contributed by atoms with Crippen molar-refractivity contribution in [1.29, 1.82) is 0 Å². The zero-order valence-electron chi connectivity index (χ0n) is 9.03.